The molecule has 1 amide bonds. The summed E-state index contributed by atoms with van der Waals surface area (Å²) in [4.78, 5) is 29.3. The molecule has 0 unspecified atom stereocenters. The van der Waals surface area contributed by atoms with Crippen LogP contribution in [-0.4, -0.2) is 20.7 Å². The highest BCUT2D eigenvalue weighted by atomic mass is 79.9. The van der Waals surface area contributed by atoms with Gasteiger partial charge in [-0.1, -0.05) is 41.4 Å². The van der Waals surface area contributed by atoms with E-state index in [1.165, 1.54) is 10.9 Å². The van der Waals surface area contributed by atoms with Crippen molar-refractivity contribution < 1.29 is 4.79 Å². The van der Waals surface area contributed by atoms with Crippen LogP contribution in [0.5, 0.6) is 0 Å². The minimum atomic E-state index is -0.381. The van der Waals surface area contributed by atoms with Crippen LogP contribution in [0.2, 0.25) is 5.02 Å². The van der Waals surface area contributed by atoms with Crippen LogP contribution >= 0.6 is 27.5 Å². The first-order valence-corrected chi connectivity index (χ1v) is 9.55. The summed E-state index contributed by atoms with van der Waals surface area (Å²) in [6, 6.07) is 7.14. The van der Waals surface area contributed by atoms with E-state index < -0.39 is 0 Å². The normalized spacial score (nSPS) is 11.2. The van der Waals surface area contributed by atoms with Gasteiger partial charge in [-0.25, -0.2) is 9.67 Å². The lowest BCUT2D eigenvalue weighted by molar-refractivity contribution is -0.117. The maximum Gasteiger partial charge on any atom is 0.275 e. The summed E-state index contributed by atoms with van der Waals surface area (Å²) in [5.41, 5.74) is 1.19. The molecule has 27 heavy (non-hydrogen) atoms. The van der Waals surface area contributed by atoms with Gasteiger partial charge in [-0.2, -0.15) is 5.10 Å². The second-order valence-corrected chi connectivity index (χ2v) is 7.91. The van der Waals surface area contributed by atoms with Crippen molar-refractivity contribution in [3.63, 3.8) is 0 Å². The molecule has 0 spiro atoms. The Morgan fingerprint density at radius 1 is 1.30 bits per heavy atom. The largest absolute Gasteiger partial charge is 0.309 e. The Hall–Kier alpha value is -2.25. The molecule has 0 atom stereocenters. The molecular weight excluding hydrogens is 432 g/mol. The zero-order valence-corrected chi connectivity index (χ0v) is 17.4. The summed E-state index contributed by atoms with van der Waals surface area (Å²) in [6.07, 6.45) is 1.46. The van der Waals surface area contributed by atoms with Crippen LogP contribution in [0, 0.1) is 6.92 Å². The number of pyridine rings is 1. The molecule has 2 heterocycles. The number of rotatable bonds is 4. The topological polar surface area (TPSA) is 76.9 Å². The molecule has 0 radical (unpaired) electrons. The molecule has 0 bridgehead atoms. The summed E-state index contributed by atoms with van der Waals surface area (Å²) >= 11 is 9.31. The number of nitrogens with one attached hydrogen (secondary N) is 1. The number of halogens is 2. The highest BCUT2D eigenvalue weighted by molar-refractivity contribution is 9.10. The lowest BCUT2D eigenvalue weighted by Crippen LogP contribution is -2.31. The van der Waals surface area contributed by atoms with Crippen molar-refractivity contribution in [1.82, 2.24) is 14.8 Å². The van der Waals surface area contributed by atoms with Gasteiger partial charge in [0.25, 0.3) is 5.56 Å². The van der Waals surface area contributed by atoms with Crippen molar-refractivity contribution in [2.75, 3.05) is 5.32 Å². The van der Waals surface area contributed by atoms with Crippen LogP contribution in [0.1, 0.15) is 31.0 Å². The first-order valence-electron chi connectivity index (χ1n) is 8.38. The molecule has 0 saturated carbocycles. The van der Waals surface area contributed by atoms with Gasteiger partial charge in [0.2, 0.25) is 5.91 Å². The number of aryl methyl sites for hydroxylation is 1. The van der Waals surface area contributed by atoms with E-state index >= 15 is 0 Å². The second-order valence-electron chi connectivity index (χ2n) is 6.56. The molecule has 8 heteroatoms. The molecule has 0 aliphatic carbocycles. The fourth-order valence-corrected chi connectivity index (χ4v) is 3.37. The second kappa shape index (κ2) is 7.78. The number of anilines is 1. The standard InChI is InChI=1S/C19H18BrClN4O2/c1-10(2)17-15-7-12(20)4-5-14(15)19(27)25(24-17)9-16(26)23-18-11(3)6-13(21)8-22-18/h4-8,10H,9H2,1-3H3,(H,22,23,26). The third-order valence-corrected chi connectivity index (χ3v) is 4.79. The number of aromatic nitrogens is 3. The van der Waals surface area contributed by atoms with Gasteiger partial charge in [-0.05, 0) is 42.7 Å². The molecule has 6 nitrogen and oxygen atoms in total. The first-order chi connectivity index (χ1) is 12.8. The highest BCUT2D eigenvalue weighted by Gasteiger charge is 2.16. The molecule has 140 valence electrons. The number of fused-ring (bicyclic) bond motifs is 1. The van der Waals surface area contributed by atoms with Crippen molar-refractivity contribution in [2.45, 2.75) is 33.2 Å². The molecule has 0 fully saturated rings. The Kier molecular flexibility index (Phi) is 5.62. The molecule has 0 aliphatic heterocycles. The van der Waals surface area contributed by atoms with Crippen molar-refractivity contribution in [2.24, 2.45) is 0 Å². The Bertz CT molecular complexity index is 1090. The Labute approximate surface area is 169 Å². The molecule has 1 aromatic carbocycles. The molecule has 1 N–H and O–H groups in total. The molecule has 3 aromatic rings. The molecule has 0 aliphatic rings. The predicted molar refractivity (Wildman–Crippen MR) is 110 cm³/mol. The number of amides is 1. The summed E-state index contributed by atoms with van der Waals surface area (Å²) < 4.78 is 2.07. The number of hydrogen-bond donors (Lipinski definition) is 1. The van der Waals surface area contributed by atoms with Crippen molar-refractivity contribution >= 4 is 50.0 Å². The Morgan fingerprint density at radius 3 is 2.70 bits per heavy atom. The Morgan fingerprint density at radius 2 is 2.04 bits per heavy atom. The fourth-order valence-electron chi connectivity index (χ4n) is 2.80. The average molecular weight is 450 g/mol. The molecule has 3 rings (SSSR count). The number of carbonyl (C=O) groups is 1. The van der Waals surface area contributed by atoms with Crippen LogP contribution < -0.4 is 10.9 Å². The van der Waals surface area contributed by atoms with Crippen LogP contribution in [0.25, 0.3) is 10.8 Å². The first kappa shape index (κ1) is 19.5. The summed E-state index contributed by atoms with van der Waals surface area (Å²) in [6.45, 7) is 5.59. The average Bonchev–Trinajstić information content (AvgIpc) is 2.59. The number of benzene rings is 1. The number of nitrogens with zero attached hydrogens (tertiary/aromatic N) is 3. The predicted octanol–water partition coefficient (Wildman–Crippen LogP) is 4.28. The lowest BCUT2D eigenvalue weighted by atomic mass is 10.0. The lowest BCUT2D eigenvalue weighted by Gasteiger charge is -2.14. The Balaban J connectivity index is 1.97. The van der Waals surface area contributed by atoms with E-state index in [9.17, 15) is 9.59 Å². The van der Waals surface area contributed by atoms with Gasteiger partial charge >= 0.3 is 0 Å². The SMILES string of the molecule is Cc1cc(Cl)cnc1NC(=O)Cn1nc(C(C)C)c2cc(Br)ccc2c1=O. The van der Waals surface area contributed by atoms with E-state index in [1.54, 1.807) is 25.1 Å². The van der Waals surface area contributed by atoms with E-state index in [-0.39, 0.29) is 23.9 Å². The van der Waals surface area contributed by atoms with Gasteiger partial charge in [-0.15, -0.1) is 0 Å². The van der Waals surface area contributed by atoms with Crippen LogP contribution in [-0.2, 0) is 11.3 Å². The van der Waals surface area contributed by atoms with E-state index in [4.69, 9.17) is 11.6 Å². The van der Waals surface area contributed by atoms with Crippen LogP contribution in [0.4, 0.5) is 5.82 Å². The van der Waals surface area contributed by atoms with E-state index in [0.29, 0.717) is 16.2 Å². The van der Waals surface area contributed by atoms with Gasteiger partial charge < -0.3 is 5.32 Å². The van der Waals surface area contributed by atoms with Gasteiger partial charge in [0.15, 0.2) is 0 Å². The maximum absolute atomic E-state index is 12.8. The minimum absolute atomic E-state index is 0.0943. The summed E-state index contributed by atoms with van der Waals surface area (Å²) in [5, 5.41) is 8.96. The van der Waals surface area contributed by atoms with Crippen LogP contribution in [0.3, 0.4) is 0 Å². The zero-order chi connectivity index (χ0) is 19.7. The van der Waals surface area contributed by atoms with Gasteiger partial charge in [0, 0.05) is 16.1 Å². The van der Waals surface area contributed by atoms with Gasteiger partial charge in [0.1, 0.15) is 12.4 Å². The number of hydrogen-bond acceptors (Lipinski definition) is 4. The monoisotopic (exact) mass is 448 g/mol. The van der Waals surface area contributed by atoms with Crippen molar-refractivity contribution in [1.29, 1.82) is 0 Å². The van der Waals surface area contributed by atoms with E-state index in [0.717, 1.165) is 21.1 Å². The van der Waals surface area contributed by atoms with Gasteiger partial charge in [-0.3, -0.25) is 9.59 Å². The third kappa shape index (κ3) is 4.20. The maximum atomic E-state index is 12.8. The van der Waals surface area contributed by atoms with E-state index in [2.05, 4.69) is 31.3 Å². The zero-order valence-electron chi connectivity index (χ0n) is 15.1. The minimum Gasteiger partial charge on any atom is -0.309 e. The van der Waals surface area contributed by atoms with Crippen LogP contribution in [0.15, 0.2) is 39.7 Å². The van der Waals surface area contributed by atoms with Crippen molar-refractivity contribution in [3.05, 3.63) is 61.6 Å². The quantitative estimate of drug-likeness (QED) is 0.645. The number of carbonyl (C=O) groups excluding carboxylic acids is 1. The third-order valence-electron chi connectivity index (χ3n) is 4.09. The van der Waals surface area contributed by atoms with Crippen molar-refractivity contribution in [3.8, 4) is 0 Å². The van der Waals surface area contributed by atoms with E-state index in [1.807, 2.05) is 19.9 Å². The highest BCUT2D eigenvalue weighted by Crippen LogP contribution is 2.24. The summed E-state index contributed by atoms with van der Waals surface area (Å²) in [5.74, 6) is 0.122. The fraction of sp³-hybridized carbons (Fsp3) is 0.263. The smallest absolute Gasteiger partial charge is 0.275 e. The molecule has 0 saturated heterocycles. The summed E-state index contributed by atoms with van der Waals surface area (Å²) in [7, 11) is 0. The molecular formula is C19H18BrClN4O2. The molecule has 2 aromatic heterocycles. The van der Waals surface area contributed by atoms with Gasteiger partial charge in [0.05, 0.1) is 16.1 Å².